The largest absolute Gasteiger partial charge is 0.484 e. The Hall–Kier alpha value is -2.87. The highest BCUT2D eigenvalue weighted by Gasteiger charge is 2.27. The number of rotatable bonds is 5. The number of fused-ring (bicyclic) bond motifs is 1. The van der Waals surface area contributed by atoms with E-state index < -0.39 is 10.9 Å². The Morgan fingerprint density at radius 3 is 2.46 bits per heavy atom. The minimum atomic E-state index is -1.19. The molecule has 134 valence electrons. The third kappa shape index (κ3) is 3.28. The number of nitro benzene ring substituents is 1. The van der Waals surface area contributed by atoms with Gasteiger partial charge in [0.2, 0.25) is 0 Å². The van der Waals surface area contributed by atoms with E-state index in [4.69, 9.17) is 9.15 Å². The lowest BCUT2D eigenvalue weighted by molar-refractivity contribution is -0.385. The molecule has 0 radical (unpaired) electrons. The van der Waals surface area contributed by atoms with E-state index in [1.165, 1.54) is 12.1 Å². The van der Waals surface area contributed by atoms with Crippen molar-refractivity contribution in [1.29, 1.82) is 0 Å². The van der Waals surface area contributed by atoms with Crippen LogP contribution in [0.2, 0.25) is 0 Å². The second-order valence-corrected chi connectivity index (χ2v) is 6.77. The zero-order chi connectivity index (χ0) is 19.0. The van der Waals surface area contributed by atoms with E-state index in [2.05, 4.69) is 15.9 Å². The van der Waals surface area contributed by atoms with Crippen LogP contribution in [-0.4, -0.2) is 22.1 Å². The zero-order valence-electron chi connectivity index (χ0n) is 13.9. The summed E-state index contributed by atoms with van der Waals surface area (Å²) < 4.78 is 12.0. The van der Waals surface area contributed by atoms with E-state index in [0.29, 0.717) is 5.56 Å². The van der Waals surface area contributed by atoms with Crippen LogP contribution < -0.4 is 4.74 Å². The lowest BCUT2D eigenvalue weighted by Gasteiger charge is -2.09. The Balaban J connectivity index is 2.30. The molecule has 0 atom stereocenters. The number of carboxylic acid groups (broad SMARTS) is 1. The Bertz CT molecular complexity index is 1010. The number of hydrogen-bond donors (Lipinski definition) is 1. The van der Waals surface area contributed by atoms with Gasteiger partial charge in [-0.05, 0) is 32.0 Å². The Morgan fingerprint density at radius 1 is 1.27 bits per heavy atom. The first-order valence-electron chi connectivity index (χ1n) is 7.68. The lowest BCUT2D eigenvalue weighted by atomic mass is 10.1. The summed E-state index contributed by atoms with van der Waals surface area (Å²) in [7, 11) is 0. The molecular formula is C18H14BrNO6. The summed E-state index contributed by atoms with van der Waals surface area (Å²) in [5.41, 5.74) is 0.323. The molecule has 1 N–H and O–H groups in total. The first kappa shape index (κ1) is 17.9. The fourth-order valence-electron chi connectivity index (χ4n) is 2.62. The average molecular weight is 420 g/mol. The van der Waals surface area contributed by atoms with Gasteiger partial charge in [-0.1, -0.05) is 28.1 Å². The molecular weight excluding hydrogens is 406 g/mol. The second-order valence-electron chi connectivity index (χ2n) is 5.86. The van der Waals surface area contributed by atoms with Gasteiger partial charge in [-0.3, -0.25) is 10.1 Å². The van der Waals surface area contributed by atoms with Gasteiger partial charge >= 0.3 is 11.7 Å². The maximum Gasteiger partial charge on any atom is 0.340 e. The van der Waals surface area contributed by atoms with Crippen LogP contribution in [0.4, 0.5) is 5.69 Å². The third-order valence-electron chi connectivity index (χ3n) is 3.65. The van der Waals surface area contributed by atoms with Crippen LogP contribution >= 0.6 is 15.9 Å². The molecule has 8 heteroatoms. The number of furan rings is 1. The van der Waals surface area contributed by atoms with Crippen molar-refractivity contribution in [3.05, 3.63) is 56.5 Å². The molecule has 1 aromatic heterocycles. The van der Waals surface area contributed by atoms with Crippen molar-refractivity contribution in [2.24, 2.45) is 0 Å². The van der Waals surface area contributed by atoms with E-state index in [1.807, 2.05) is 0 Å². The Labute approximate surface area is 156 Å². The highest BCUT2D eigenvalue weighted by Crippen LogP contribution is 2.40. The van der Waals surface area contributed by atoms with Crippen molar-refractivity contribution < 1.29 is 24.0 Å². The molecule has 0 unspecified atom stereocenters. The lowest BCUT2D eigenvalue weighted by Crippen LogP contribution is -2.07. The molecule has 0 fully saturated rings. The quantitative estimate of drug-likeness (QED) is 0.446. The summed E-state index contributed by atoms with van der Waals surface area (Å²) in [5, 5.41) is 21.3. The summed E-state index contributed by atoms with van der Waals surface area (Å²) in [6.45, 7) is 3.46. The number of carbonyl (C=O) groups is 1. The van der Waals surface area contributed by atoms with E-state index in [1.54, 1.807) is 38.1 Å². The highest BCUT2D eigenvalue weighted by molar-refractivity contribution is 9.10. The van der Waals surface area contributed by atoms with Crippen LogP contribution in [0.1, 0.15) is 24.2 Å². The first-order valence-corrected chi connectivity index (χ1v) is 8.48. The molecule has 0 spiro atoms. The fraction of sp³-hybridized carbons (Fsp3) is 0.167. The monoisotopic (exact) mass is 419 g/mol. The predicted molar refractivity (Wildman–Crippen MR) is 98.7 cm³/mol. The normalized spacial score (nSPS) is 11.1. The number of nitrogens with zero attached hydrogens (tertiary/aromatic N) is 1. The van der Waals surface area contributed by atoms with Gasteiger partial charge < -0.3 is 14.3 Å². The summed E-state index contributed by atoms with van der Waals surface area (Å²) in [5.74, 6) is -1.05. The van der Waals surface area contributed by atoms with Crippen LogP contribution in [-0.2, 0) is 0 Å². The molecule has 0 aliphatic heterocycles. The molecule has 0 aliphatic rings. The number of benzene rings is 2. The maximum atomic E-state index is 11.8. The predicted octanol–water partition coefficient (Wildman–Crippen LogP) is 5.26. The highest BCUT2D eigenvalue weighted by atomic mass is 79.9. The summed E-state index contributed by atoms with van der Waals surface area (Å²) in [6.07, 6.45) is -0.308. The van der Waals surface area contributed by atoms with E-state index in [9.17, 15) is 20.0 Å². The van der Waals surface area contributed by atoms with Gasteiger partial charge in [0.25, 0.3) is 0 Å². The van der Waals surface area contributed by atoms with Gasteiger partial charge in [0.15, 0.2) is 5.75 Å². The number of ether oxygens (including phenoxy) is 1. The van der Waals surface area contributed by atoms with Crippen molar-refractivity contribution in [3.63, 3.8) is 0 Å². The maximum absolute atomic E-state index is 11.8. The molecule has 0 bridgehead atoms. The molecule has 7 nitrogen and oxygen atoms in total. The van der Waals surface area contributed by atoms with Crippen LogP contribution in [0.5, 0.6) is 5.75 Å². The molecule has 3 rings (SSSR count). The van der Waals surface area contributed by atoms with Crippen molar-refractivity contribution in [2.75, 3.05) is 0 Å². The molecule has 1 heterocycles. The van der Waals surface area contributed by atoms with Gasteiger partial charge in [-0.25, -0.2) is 4.79 Å². The van der Waals surface area contributed by atoms with Gasteiger partial charge in [-0.2, -0.15) is 0 Å². The van der Waals surface area contributed by atoms with Crippen molar-refractivity contribution >= 4 is 38.6 Å². The van der Waals surface area contributed by atoms with Crippen LogP contribution in [0.15, 0.2) is 45.3 Å². The standard InChI is InChI=1S/C18H14BrNO6/c1-9(2)25-15-7-12-14(8-13(15)20(23)24)26-17(16(12)18(21)22)10-3-5-11(19)6-4-10/h3-9H,1-2H3,(H,21,22). The number of halogens is 1. The third-order valence-corrected chi connectivity index (χ3v) is 4.18. The minimum Gasteiger partial charge on any atom is -0.484 e. The molecule has 2 aromatic carbocycles. The van der Waals surface area contributed by atoms with Gasteiger partial charge in [-0.15, -0.1) is 0 Å². The Morgan fingerprint density at radius 2 is 1.92 bits per heavy atom. The topological polar surface area (TPSA) is 103 Å². The van der Waals surface area contributed by atoms with Crippen molar-refractivity contribution in [2.45, 2.75) is 20.0 Å². The first-order chi connectivity index (χ1) is 12.3. The van der Waals surface area contributed by atoms with Gasteiger partial charge in [0, 0.05) is 15.4 Å². The average Bonchev–Trinajstić information content (AvgIpc) is 2.92. The molecule has 0 saturated carbocycles. The summed E-state index contributed by atoms with van der Waals surface area (Å²) in [6, 6.07) is 9.46. The smallest absolute Gasteiger partial charge is 0.340 e. The van der Waals surface area contributed by atoms with Gasteiger partial charge in [0.1, 0.15) is 16.9 Å². The zero-order valence-corrected chi connectivity index (χ0v) is 15.4. The summed E-state index contributed by atoms with van der Waals surface area (Å²) >= 11 is 3.32. The van der Waals surface area contributed by atoms with Crippen LogP contribution in [0, 0.1) is 10.1 Å². The molecule has 0 aliphatic carbocycles. The number of carboxylic acids is 1. The minimum absolute atomic E-state index is 0.00292. The van der Waals surface area contributed by atoms with Crippen LogP contribution in [0.3, 0.4) is 0 Å². The van der Waals surface area contributed by atoms with Crippen LogP contribution in [0.25, 0.3) is 22.3 Å². The SMILES string of the molecule is CC(C)Oc1cc2c(C(=O)O)c(-c3ccc(Br)cc3)oc2cc1[N+](=O)[O-]. The second kappa shape index (κ2) is 6.80. The van der Waals surface area contributed by atoms with E-state index in [0.717, 1.165) is 4.47 Å². The number of hydrogen-bond acceptors (Lipinski definition) is 5. The van der Waals surface area contributed by atoms with Crippen molar-refractivity contribution in [1.82, 2.24) is 0 Å². The Kier molecular flexibility index (Phi) is 4.69. The molecule has 0 saturated heterocycles. The molecule has 3 aromatic rings. The fourth-order valence-corrected chi connectivity index (χ4v) is 2.88. The molecule has 0 amide bonds. The van der Waals surface area contributed by atoms with E-state index >= 15 is 0 Å². The number of nitro groups is 1. The van der Waals surface area contributed by atoms with E-state index in [-0.39, 0.29) is 39.8 Å². The van der Waals surface area contributed by atoms with Gasteiger partial charge in [0.05, 0.1) is 17.1 Å². The molecule has 26 heavy (non-hydrogen) atoms. The summed E-state index contributed by atoms with van der Waals surface area (Å²) in [4.78, 5) is 22.6. The number of aromatic carboxylic acids is 1. The van der Waals surface area contributed by atoms with Crippen molar-refractivity contribution in [3.8, 4) is 17.1 Å².